The predicted octanol–water partition coefficient (Wildman–Crippen LogP) is 4.21. The Morgan fingerprint density at radius 3 is 2.56 bits per heavy atom. The molecule has 6 heteroatoms. The Balaban J connectivity index is 1.31. The molecule has 0 atom stereocenters. The largest absolute Gasteiger partial charge is 0.347 e. The summed E-state index contributed by atoms with van der Waals surface area (Å²) in [6, 6.07) is 11.1. The van der Waals surface area contributed by atoms with E-state index in [1.165, 1.54) is 45.2 Å². The smallest absolute Gasteiger partial charge is 0.208 e. The van der Waals surface area contributed by atoms with Crippen molar-refractivity contribution in [2.24, 2.45) is 0 Å². The summed E-state index contributed by atoms with van der Waals surface area (Å²) in [5.41, 5.74) is 2.09. The van der Waals surface area contributed by atoms with Gasteiger partial charge in [-0.3, -0.25) is 4.98 Å². The lowest BCUT2D eigenvalue weighted by Crippen LogP contribution is -2.46. The first-order chi connectivity index (χ1) is 13.4. The topological polar surface area (TPSA) is 45.2 Å². The first-order valence-electron chi connectivity index (χ1n) is 10.0. The van der Waals surface area contributed by atoms with E-state index >= 15 is 0 Å². The van der Waals surface area contributed by atoms with Gasteiger partial charge in [-0.2, -0.15) is 0 Å². The van der Waals surface area contributed by atoms with E-state index in [-0.39, 0.29) is 0 Å². The number of rotatable bonds is 3. The Hall–Kier alpha value is -2.05. The maximum absolute atomic E-state index is 4.56. The molecule has 27 heavy (non-hydrogen) atoms. The van der Waals surface area contributed by atoms with Crippen LogP contribution in [0.2, 0.25) is 0 Å². The van der Waals surface area contributed by atoms with Crippen LogP contribution in [0, 0.1) is 0 Å². The average Bonchev–Trinajstić information content (AvgIpc) is 3.24. The minimum absolute atomic E-state index is 0.760. The van der Waals surface area contributed by atoms with Crippen LogP contribution in [-0.4, -0.2) is 52.3 Å². The quantitative estimate of drug-likeness (QED) is 0.682. The molecule has 0 aliphatic carbocycles. The molecule has 0 N–H and O–H groups in total. The number of likely N-dealkylation sites (tertiary alicyclic amines) is 1. The third kappa shape index (κ3) is 3.44. The number of hydrogen-bond acceptors (Lipinski definition) is 6. The third-order valence-electron chi connectivity index (χ3n) is 5.92. The molecule has 2 aliphatic heterocycles. The van der Waals surface area contributed by atoms with E-state index in [9.17, 15) is 0 Å². The lowest BCUT2D eigenvalue weighted by Gasteiger charge is -2.40. The van der Waals surface area contributed by atoms with Gasteiger partial charge in [0, 0.05) is 36.3 Å². The van der Waals surface area contributed by atoms with E-state index in [0.717, 1.165) is 45.7 Å². The van der Waals surface area contributed by atoms with Crippen molar-refractivity contribution in [1.82, 2.24) is 20.1 Å². The molecule has 4 heterocycles. The maximum atomic E-state index is 4.56. The molecule has 0 saturated carbocycles. The van der Waals surface area contributed by atoms with Crippen molar-refractivity contribution in [2.75, 3.05) is 31.1 Å². The minimum atomic E-state index is 0.760. The van der Waals surface area contributed by atoms with Gasteiger partial charge in [-0.25, -0.2) is 0 Å². The summed E-state index contributed by atoms with van der Waals surface area (Å²) in [4.78, 5) is 9.69. The monoisotopic (exact) mass is 379 g/mol. The van der Waals surface area contributed by atoms with Gasteiger partial charge >= 0.3 is 0 Å². The molecule has 2 saturated heterocycles. The fraction of sp³-hybridized carbons (Fsp3) is 0.476. The van der Waals surface area contributed by atoms with Crippen molar-refractivity contribution in [2.45, 2.75) is 38.1 Å². The van der Waals surface area contributed by atoms with Crippen molar-refractivity contribution in [3.05, 3.63) is 36.5 Å². The van der Waals surface area contributed by atoms with Gasteiger partial charge in [-0.1, -0.05) is 36.0 Å². The number of aromatic nitrogens is 3. The van der Waals surface area contributed by atoms with Crippen LogP contribution in [-0.2, 0) is 0 Å². The summed E-state index contributed by atoms with van der Waals surface area (Å²) in [7, 11) is 0. The highest BCUT2D eigenvalue weighted by Crippen LogP contribution is 2.34. The normalized spacial score (nSPS) is 19.6. The van der Waals surface area contributed by atoms with Crippen molar-refractivity contribution in [3.8, 4) is 10.6 Å². The van der Waals surface area contributed by atoms with Crippen LogP contribution < -0.4 is 4.90 Å². The van der Waals surface area contributed by atoms with E-state index in [0.29, 0.717) is 0 Å². The zero-order valence-electron chi connectivity index (χ0n) is 15.5. The lowest BCUT2D eigenvalue weighted by atomic mass is 10.0. The molecule has 0 unspecified atom stereocenters. The highest BCUT2D eigenvalue weighted by atomic mass is 32.1. The highest BCUT2D eigenvalue weighted by Gasteiger charge is 2.27. The van der Waals surface area contributed by atoms with Gasteiger partial charge in [0.2, 0.25) is 5.13 Å². The molecule has 0 spiro atoms. The molecule has 5 rings (SSSR count). The van der Waals surface area contributed by atoms with Crippen molar-refractivity contribution in [1.29, 1.82) is 0 Å². The second-order valence-electron chi connectivity index (χ2n) is 7.59. The molecule has 2 fully saturated rings. The first kappa shape index (κ1) is 17.1. The van der Waals surface area contributed by atoms with E-state index < -0.39 is 0 Å². The number of piperidine rings is 2. The standard InChI is InChI=1S/C21H25N5S/c1-2-12-25(13-3-1)17-9-14-26(15-10-17)21-24-23-20(27-21)18-8-4-6-16-7-5-11-22-19(16)18/h4-8,11,17H,1-3,9-10,12-15H2. The van der Waals surface area contributed by atoms with Crippen LogP contribution in [0.5, 0.6) is 0 Å². The van der Waals surface area contributed by atoms with Crippen LogP contribution in [0.15, 0.2) is 36.5 Å². The lowest BCUT2D eigenvalue weighted by molar-refractivity contribution is 0.141. The molecule has 0 amide bonds. The van der Waals surface area contributed by atoms with Gasteiger partial charge in [0.05, 0.1) is 5.52 Å². The molecule has 2 aromatic heterocycles. The second-order valence-corrected chi connectivity index (χ2v) is 8.54. The van der Waals surface area contributed by atoms with E-state index in [2.05, 4.69) is 49.2 Å². The molecule has 140 valence electrons. The molecular formula is C21H25N5S. The number of para-hydroxylation sites is 1. The molecule has 0 bridgehead atoms. The average molecular weight is 380 g/mol. The van der Waals surface area contributed by atoms with E-state index in [1.807, 2.05) is 12.3 Å². The molecule has 3 aromatic rings. The van der Waals surface area contributed by atoms with Crippen LogP contribution in [0.1, 0.15) is 32.1 Å². The summed E-state index contributed by atoms with van der Waals surface area (Å²) in [5, 5.41) is 12.2. The zero-order chi connectivity index (χ0) is 18.1. The Kier molecular flexibility index (Phi) is 4.76. The Morgan fingerprint density at radius 1 is 0.889 bits per heavy atom. The SMILES string of the molecule is c1cnc2c(-c3nnc(N4CCC(N5CCCCC5)CC4)s3)cccc2c1. The number of nitrogens with zero attached hydrogens (tertiary/aromatic N) is 5. The van der Waals surface area contributed by atoms with Gasteiger partial charge in [0.25, 0.3) is 0 Å². The van der Waals surface area contributed by atoms with Gasteiger partial charge in [-0.05, 0) is 50.9 Å². The number of pyridine rings is 1. The van der Waals surface area contributed by atoms with Gasteiger partial charge < -0.3 is 9.80 Å². The van der Waals surface area contributed by atoms with Crippen LogP contribution in [0.25, 0.3) is 21.5 Å². The second kappa shape index (κ2) is 7.52. The van der Waals surface area contributed by atoms with Crippen molar-refractivity contribution in [3.63, 3.8) is 0 Å². The summed E-state index contributed by atoms with van der Waals surface area (Å²) < 4.78 is 0. The Bertz CT molecular complexity index is 904. The fourth-order valence-corrected chi connectivity index (χ4v) is 5.36. The van der Waals surface area contributed by atoms with E-state index in [1.54, 1.807) is 11.3 Å². The van der Waals surface area contributed by atoms with Crippen LogP contribution in [0.4, 0.5) is 5.13 Å². The number of anilines is 1. The molecular weight excluding hydrogens is 354 g/mol. The number of benzene rings is 1. The molecule has 5 nitrogen and oxygen atoms in total. The van der Waals surface area contributed by atoms with Gasteiger partial charge in [0.1, 0.15) is 0 Å². The Labute approximate surface area is 164 Å². The van der Waals surface area contributed by atoms with Crippen molar-refractivity contribution < 1.29 is 0 Å². The first-order valence-corrected chi connectivity index (χ1v) is 10.9. The predicted molar refractivity (Wildman–Crippen MR) is 111 cm³/mol. The number of hydrogen-bond donors (Lipinski definition) is 0. The van der Waals surface area contributed by atoms with Crippen LogP contribution >= 0.6 is 11.3 Å². The highest BCUT2D eigenvalue weighted by molar-refractivity contribution is 7.18. The van der Waals surface area contributed by atoms with Crippen molar-refractivity contribution >= 4 is 27.4 Å². The number of fused-ring (bicyclic) bond motifs is 1. The summed E-state index contributed by atoms with van der Waals surface area (Å²) >= 11 is 1.69. The van der Waals surface area contributed by atoms with E-state index in [4.69, 9.17) is 0 Å². The van der Waals surface area contributed by atoms with Crippen LogP contribution in [0.3, 0.4) is 0 Å². The third-order valence-corrected chi connectivity index (χ3v) is 6.94. The molecule has 1 aromatic carbocycles. The minimum Gasteiger partial charge on any atom is -0.347 e. The zero-order valence-corrected chi connectivity index (χ0v) is 16.4. The molecule has 2 aliphatic rings. The summed E-state index contributed by atoms with van der Waals surface area (Å²) in [6.07, 6.45) is 8.48. The maximum Gasteiger partial charge on any atom is 0.208 e. The fourth-order valence-electron chi connectivity index (χ4n) is 4.43. The summed E-state index contributed by atoms with van der Waals surface area (Å²) in [5.74, 6) is 0. The van der Waals surface area contributed by atoms with Gasteiger partial charge in [0.15, 0.2) is 5.01 Å². The molecule has 0 radical (unpaired) electrons. The summed E-state index contributed by atoms with van der Waals surface area (Å²) in [6.45, 7) is 4.76. The van der Waals surface area contributed by atoms with Gasteiger partial charge in [-0.15, -0.1) is 10.2 Å². The Morgan fingerprint density at radius 2 is 1.70 bits per heavy atom.